The first-order valence-electron chi connectivity index (χ1n) is 5.02. The number of esters is 1. The summed E-state index contributed by atoms with van der Waals surface area (Å²) in [5.41, 5.74) is -0.616. The minimum Gasteiger partial charge on any atom is -0.461 e. The number of nitrogens with zero attached hydrogens (tertiary/aromatic N) is 3. The van der Waals surface area contributed by atoms with Crippen molar-refractivity contribution in [3.8, 4) is 0 Å². The van der Waals surface area contributed by atoms with Crippen molar-refractivity contribution in [2.24, 2.45) is 0 Å². The highest BCUT2D eigenvalue weighted by Gasteiger charge is 2.31. The summed E-state index contributed by atoms with van der Waals surface area (Å²) in [4.78, 5) is 19.0. The highest BCUT2D eigenvalue weighted by atomic mass is 35.5. The van der Waals surface area contributed by atoms with Crippen LogP contribution >= 0.6 is 11.6 Å². The van der Waals surface area contributed by atoms with Crippen molar-refractivity contribution in [2.45, 2.75) is 12.3 Å². The number of carbonyl (C=O) groups excluding carboxylic acids is 1. The van der Waals surface area contributed by atoms with Gasteiger partial charge in [-0.25, -0.2) is 14.8 Å². The number of ether oxygens (including phenoxy) is 1. The van der Waals surface area contributed by atoms with Gasteiger partial charge >= 0.3 is 11.4 Å². The number of halogens is 3. The fourth-order valence-corrected chi connectivity index (χ4v) is 1.58. The lowest BCUT2D eigenvalue weighted by Crippen LogP contribution is -2.10. The number of aromatic nitrogens is 3. The van der Waals surface area contributed by atoms with Crippen molar-refractivity contribution in [3.05, 3.63) is 29.8 Å². The van der Waals surface area contributed by atoms with E-state index in [4.69, 9.17) is 16.3 Å². The van der Waals surface area contributed by atoms with Gasteiger partial charge in [0.25, 0.3) is 0 Å². The minimum absolute atomic E-state index is 0.0455. The summed E-state index contributed by atoms with van der Waals surface area (Å²) in [5.74, 6) is -0.747. The maximum absolute atomic E-state index is 13.1. The van der Waals surface area contributed by atoms with Crippen LogP contribution in [0.25, 0.3) is 5.78 Å². The SMILES string of the molecule is CCOC(=O)c1cn2c(C(F)(F)Cl)ccnc2n1. The zero-order valence-corrected chi connectivity index (χ0v) is 9.99. The first kappa shape index (κ1) is 12.7. The van der Waals surface area contributed by atoms with Gasteiger partial charge in [-0.05, 0) is 24.6 Å². The standard InChI is InChI=1S/C10H8ClF2N3O2/c1-2-18-8(17)6-5-16-7(10(11,12)13)3-4-14-9(16)15-6/h3-5H,2H2,1H3. The second-order valence-corrected chi connectivity index (χ2v) is 3.82. The van der Waals surface area contributed by atoms with Gasteiger partial charge < -0.3 is 4.74 Å². The Bertz CT molecular complexity index is 594. The Kier molecular flexibility index (Phi) is 3.16. The van der Waals surface area contributed by atoms with Crippen molar-refractivity contribution >= 4 is 23.3 Å². The molecule has 5 nitrogen and oxygen atoms in total. The number of imidazole rings is 1. The quantitative estimate of drug-likeness (QED) is 0.636. The van der Waals surface area contributed by atoms with Gasteiger partial charge in [0.15, 0.2) is 5.69 Å². The van der Waals surface area contributed by atoms with Crippen LogP contribution in [0.4, 0.5) is 8.78 Å². The van der Waals surface area contributed by atoms with E-state index in [0.29, 0.717) is 0 Å². The van der Waals surface area contributed by atoms with Crippen LogP contribution in [0.3, 0.4) is 0 Å². The Balaban J connectivity index is 2.55. The summed E-state index contributed by atoms with van der Waals surface area (Å²) >= 11 is 4.96. The van der Waals surface area contributed by atoms with Gasteiger partial charge in [-0.15, -0.1) is 0 Å². The molecule has 0 bridgehead atoms. The van der Waals surface area contributed by atoms with Crippen LogP contribution in [0.2, 0.25) is 0 Å². The molecular weight excluding hydrogens is 268 g/mol. The molecule has 0 saturated heterocycles. The molecule has 0 N–H and O–H groups in total. The molecule has 0 fully saturated rings. The lowest BCUT2D eigenvalue weighted by molar-refractivity contribution is 0.0519. The Morgan fingerprint density at radius 2 is 2.33 bits per heavy atom. The average Bonchev–Trinajstić information content (AvgIpc) is 2.71. The van der Waals surface area contributed by atoms with Gasteiger partial charge in [0.2, 0.25) is 5.78 Å². The lowest BCUT2D eigenvalue weighted by atomic mass is 10.4. The van der Waals surface area contributed by atoms with Gasteiger partial charge in [-0.1, -0.05) is 0 Å². The van der Waals surface area contributed by atoms with E-state index in [1.54, 1.807) is 6.92 Å². The summed E-state index contributed by atoms with van der Waals surface area (Å²) in [5, 5.41) is -3.58. The van der Waals surface area contributed by atoms with Gasteiger partial charge in [0, 0.05) is 12.4 Å². The summed E-state index contributed by atoms with van der Waals surface area (Å²) in [6.45, 7) is 1.79. The number of hydrogen-bond acceptors (Lipinski definition) is 4. The largest absolute Gasteiger partial charge is 0.461 e. The maximum atomic E-state index is 13.1. The van der Waals surface area contributed by atoms with E-state index in [0.717, 1.165) is 22.9 Å². The zero-order chi connectivity index (χ0) is 13.3. The molecule has 0 unspecified atom stereocenters. The summed E-state index contributed by atoms with van der Waals surface area (Å²) in [6, 6.07) is 1.05. The molecule has 0 aromatic carbocycles. The van der Waals surface area contributed by atoms with E-state index in [9.17, 15) is 13.6 Å². The van der Waals surface area contributed by atoms with Crippen molar-refractivity contribution in [3.63, 3.8) is 0 Å². The summed E-state index contributed by atoms with van der Waals surface area (Å²) < 4.78 is 31.9. The normalized spacial score (nSPS) is 11.8. The molecule has 2 heterocycles. The fraction of sp³-hybridized carbons (Fsp3) is 0.300. The molecule has 0 radical (unpaired) electrons. The Hall–Kier alpha value is -1.76. The van der Waals surface area contributed by atoms with Crippen LogP contribution in [0, 0.1) is 0 Å². The molecule has 0 aliphatic carbocycles. The second kappa shape index (κ2) is 4.49. The third kappa shape index (κ3) is 2.26. The van der Waals surface area contributed by atoms with E-state index in [2.05, 4.69) is 9.97 Å². The van der Waals surface area contributed by atoms with Crippen LogP contribution in [-0.2, 0) is 10.1 Å². The molecule has 0 aliphatic heterocycles. The number of carbonyl (C=O) groups is 1. The number of hydrogen-bond donors (Lipinski definition) is 0. The molecule has 0 saturated carbocycles. The number of rotatable bonds is 3. The molecule has 0 spiro atoms. The van der Waals surface area contributed by atoms with Crippen molar-refractivity contribution in [2.75, 3.05) is 6.61 Å². The first-order chi connectivity index (χ1) is 8.43. The number of alkyl halides is 3. The third-order valence-electron chi connectivity index (χ3n) is 2.14. The Labute approximate surface area is 105 Å². The molecule has 0 atom stereocenters. The summed E-state index contributed by atoms with van der Waals surface area (Å²) in [6.07, 6.45) is 2.26. The number of fused-ring (bicyclic) bond motifs is 1. The molecule has 2 aromatic heterocycles. The van der Waals surface area contributed by atoms with E-state index in [-0.39, 0.29) is 18.1 Å². The van der Waals surface area contributed by atoms with Crippen LogP contribution in [0.1, 0.15) is 23.1 Å². The van der Waals surface area contributed by atoms with Gasteiger partial charge in [0.05, 0.1) is 6.61 Å². The molecule has 96 valence electrons. The van der Waals surface area contributed by atoms with E-state index >= 15 is 0 Å². The van der Waals surface area contributed by atoms with Crippen molar-refractivity contribution in [1.29, 1.82) is 0 Å². The predicted octanol–water partition coefficient (Wildman–Crippen LogP) is 2.19. The minimum atomic E-state index is -3.58. The van der Waals surface area contributed by atoms with Crippen LogP contribution in [0.5, 0.6) is 0 Å². The molecule has 0 amide bonds. The molecule has 2 rings (SSSR count). The molecule has 2 aromatic rings. The summed E-state index contributed by atoms with van der Waals surface area (Å²) in [7, 11) is 0. The van der Waals surface area contributed by atoms with Crippen molar-refractivity contribution in [1.82, 2.24) is 14.4 Å². The molecule has 18 heavy (non-hydrogen) atoms. The van der Waals surface area contributed by atoms with E-state index in [1.807, 2.05) is 0 Å². The smallest absolute Gasteiger partial charge is 0.363 e. The highest BCUT2D eigenvalue weighted by Crippen LogP contribution is 2.32. The maximum Gasteiger partial charge on any atom is 0.363 e. The highest BCUT2D eigenvalue weighted by molar-refractivity contribution is 6.21. The van der Waals surface area contributed by atoms with E-state index < -0.39 is 17.0 Å². The van der Waals surface area contributed by atoms with E-state index in [1.165, 1.54) is 0 Å². The Morgan fingerprint density at radius 3 is 2.94 bits per heavy atom. The second-order valence-electron chi connectivity index (χ2n) is 3.34. The topological polar surface area (TPSA) is 56.5 Å². The van der Waals surface area contributed by atoms with Gasteiger partial charge in [0.1, 0.15) is 5.69 Å². The van der Waals surface area contributed by atoms with Crippen LogP contribution in [0.15, 0.2) is 18.5 Å². The monoisotopic (exact) mass is 275 g/mol. The zero-order valence-electron chi connectivity index (χ0n) is 9.23. The van der Waals surface area contributed by atoms with Gasteiger partial charge in [-0.3, -0.25) is 4.40 Å². The first-order valence-corrected chi connectivity index (χ1v) is 5.39. The molecule has 8 heteroatoms. The lowest BCUT2D eigenvalue weighted by Gasteiger charge is -2.09. The predicted molar refractivity (Wildman–Crippen MR) is 58.7 cm³/mol. The Morgan fingerprint density at radius 1 is 1.61 bits per heavy atom. The van der Waals surface area contributed by atoms with Crippen molar-refractivity contribution < 1.29 is 18.3 Å². The van der Waals surface area contributed by atoms with Crippen LogP contribution in [-0.4, -0.2) is 26.9 Å². The molecular formula is C10H8ClF2N3O2. The average molecular weight is 276 g/mol. The molecule has 0 aliphatic rings. The van der Waals surface area contributed by atoms with Gasteiger partial charge in [-0.2, -0.15) is 8.78 Å². The fourth-order valence-electron chi connectivity index (χ4n) is 1.43. The third-order valence-corrected chi connectivity index (χ3v) is 2.34. The van der Waals surface area contributed by atoms with Crippen LogP contribution < -0.4 is 0 Å².